The van der Waals surface area contributed by atoms with Crippen LogP contribution in [0.3, 0.4) is 0 Å². The Hall–Kier alpha value is -3.74. The number of hydrogen-bond donors (Lipinski definition) is 1. The Kier molecular flexibility index (Phi) is 4.97. The SMILES string of the molecule is COc1ccc(N2C=Nc3occc3C2NC(=O)OCc2ccccc2)cc1. The second kappa shape index (κ2) is 7.87. The van der Waals surface area contributed by atoms with Crippen molar-refractivity contribution in [3.8, 4) is 5.75 Å². The Bertz CT molecular complexity index is 967. The molecule has 7 heteroatoms. The summed E-state index contributed by atoms with van der Waals surface area (Å²) in [7, 11) is 1.61. The molecule has 1 aromatic heterocycles. The molecule has 0 saturated carbocycles. The molecule has 1 aliphatic heterocycles. The summed E-state index contributed by atoms with van der Waals surface area (Å²) in [5, 5.41) is 2.89. The monoisotopic (exact) mass is 377 g/mol. The van der Waals surface area contributed by atoms with Gasteiger partial charge in [0.15, 0.2) is 0 Å². The molecule has 1 amide bonds. The maximum Gasteiger partial charge on any atom is 0.409 e. The van der Waals surface area contributed by atoms with E-state index in [0.717, 1.165) is 22.6 Å². The van der Waals surface area contributed by atoms with Crippen LogP contribution >= 0.6 is 0 Å². The van der Waals surface area contributed by atoms with Crippen molar-refractivity contribution in [1.82, 2.24) is 5.32 Å². The summed E-state index contributed by atoms with van der Waals surface area (Å²) < 4.78 is 16.0. The van der Waals surface area contributed by atoms with Gasteiger partial charge >= 0.3 is 6.09 Å². The number of alkyl carbamates (subject to hydrolysis) is 1. The number of aliphatic imine (C=N–C) groups is 1. The normalized spacial score (nSPS) is 15.0. The van der Waals surface area contributed by atoms with Crippen LogP contribution in [-0.4, -0.2) is 19.5 Å². The topological polar surface area (TPSA) is 76.3 Å². The lowest BCUT2D eigenvalue weighted by atomic mass is 10.1. The standard InChI is InChI=1S/C21H19N3O4/c1-26-17-9-7-16(8-10-17)24-14-22-20-18(11-12-27-20)19(24)23-21(25)28-13-15-5-3-2-4-6-15/h2-12,14,19H,13H2,1H3,(H,23,25). The molecule has 1 unspecified atom stereocenters. The van der Waals surface area contributed by atoms with Gasteiger partial charge < -0.3 is 18.8 Å². The second-order valence-electron chi connectivity index (χ2n) is 6.14. The Morgan fingerprint density at radius 2 is 1.93 bits per heavy atom. The molecule has 3 aromatic rings. The van der Waals surface area contributed by atoms with Crippen molar-refractivity contribution in [1.29, 1.82) is 0 Å². The summed E-state index contributed by atoms with van der Waals surface area (Å²) in [6.07, 6.45) is 2.12. The van der Waals surface area contributed by atoms with Gasteiger partial charge in [0, 0.05) is 5.69 Å². The highest BCUT2D eigenvalue weighted by atomic mass is 16.5. The van der Waals surface area contributed by atoms with Crippen molar-refractivity contribution < 1.29 is 18.7 Å². The number of hydrogen-bond acceptors (Lipinski definition) is 6. The number of carbonyl (C=O) groups is 1. The minimum Gasteiger partial charge on any atom is -0.497 e. The van der Waals surface area contributed by atoms with Gasteiger partial charge in [-0.3, -0.25) is 5.32 Å². The van der Waals surface area contributed by atoms with Crippen LogP contribution in [0.15, 0.2) is 76.3 Å². The van der Waals surface area contributed by atoms with Crippen LogP contribution in [0.2, 0.25) is 0 Å². The fourth-order valence-corrected chi connectivity index (χ4v) is 2.95. The number of anilines is 1. The predicted octanol–water partition coefficient (Wildman–Crippen LogP) is 4.39. The zero-order chi connectivity index (χ0) is 19.3. The molecule has 2 aromatic carbocycles. The fraction of sp³-hybridized carbons (Fsp3) is 0.143. The number of furan rings is 1. The van der Waals surface area contributed by atoms with Crippen LogP contribution in [0.25, 0.3) is 0 Å². The van der Waals surface area contributed by atoms with Gasteiger partial charge in [-0.1, -0.05) is 30.3 Å². The maximum absolute atomic E-state index is 12.4. The lowest BCUT2D eigenvalue weighted by Crippen LogP contribution is -2.42. The molecule has 0 bridgehead atoms. The smallest absolute Gasteiger partial charge is 0.409 e. The van der Waals surface area contributed by atoms with Crippen molar-refractivity contribution in [3.05, 3.63) is 78.1 Å². The average molecular weight is 377 g/mol. The number of nitrogens with one attached hydrogen (secondary N) is 1. The van der Waals surface area contributed by atoms with Crippen LogP contribution < -0.4 is 15.0 Å². The van der Waals surface area contributed by atoms with Crippen molar-refractivity contribution in [3.63, 3.8) is 0 Å². The van der Waals surface area contributed by atoms with E-state index in [2.05, 4.69) is 10.3 Å². The highest BCUT2D eigenvalue weighted by Gasteiger charge is 2.29. The molecule has 0 aliphatic carbocycles. The number of amides is 1. The second-order valence-corrected chi connectivity index (χ2v) is 6.14. The molecule has 1 atom stereocenters. The zero-order valence-corrected chi connectivity index (χ0v) is 15.2. The third kappa shape index (κ3) is 3.68. The van der Waals surface area contributed by atoms with Gasteiger partial charge in [-0.2, -0.15) is 0 Å². The molecule has 1 aliphatic rings. The van der Waals surface area contributed by atoms with Gasteiger partial charge in [0.05, 0.1) is 18.9 Å². The van der Waals surface area contributed by atoms with E-state index in [1.54, 1.807) is 25.8 Å². The van der Waals surface area contributed by atoms with E-state index in [4.69, 9.17) is 13.9 Å². The van der Waals surface area contributed by atoms with Crippen LogP contribution in [-0.2, 0) is 11.3 Å². The van der Waals surface area contributed by atoms with E-state index in [9.17, 15) is 4.79 Å². The largest absolute Gasteiger partial charge is 0.497 e. The molecule has 4 rings (SSSR count). The predicted molar refractivity (Wildman–Crippen MR) is 105 cm³/mol. The molecule has 2 heterocycles. The Balaban J connectivity index is 1.52. The van der Waals surface area contributed by atoms with Crippen molar-refractivity contribution in [2.45, 2.75) is 12.8 Å². The van der Waals surface area contributed by atoms with E-state index >= 15 is 0 Å². The molecule has 7 nitrogen and oxygen atoms in total. The maximum atomic E-state index is 12.4. The molecule has 0 spiro atoms. The lowest BCUT2D eigenvalue weighted by molar-refractivity contribution is 0.136. The Morgan fingerprint density at radius 3 is 2.68 bits per heavy atom. The highest BCUT2D eigenvalue weighted by molar-refractivity contribution is 5.86. The first-order valence-electron chi connectivity index (χ1n) is 8.76. The van der Waals surface area contributed by atoms with E-state index in [1.165, 1.54) is 0 Å². The van der Waals surface area contributed by atoms with E-state index in [-0.39, 0.29) is 6.61 Å². The van der Waals surface area contributed by atoms with Crippen LogP contribution in [0.4, 0.5) is 16.4 Å². The average Bonchev–Trinajstić information content (AvgIpc) is 3.23. The van der Waals surface area contributed by atoms with Gasteiger partial charge in [0.2, 0.25) is 5.88 Å². The van der Waals surface area contributed by atoms with E-state index in [0.29, 0.717) is 5.88 Å². The van der Waals surface area contributed by atoms with Crippen LogP contribution in [0, 0.1) is 0 Å². The summed E-state index contributed by atoms with van der Waals surface area (Å²) in [4.78, 5) is 18.6. The number of methoxy groups -OCH3 is 1. The molecule has 1 N–H and O–H groups in total. The molecule has 0 saturated heterocycles. The van der Waals surface area contributed by atoms with E-state index < -0.39 is 12.3 Å². The Labute approximate surface area is 162 Å². The minimum absolute atomic E-state index is 0.189. The quantitative estimate of drug-likeness (QED) is 0.713. The first-order valence-corrected chi connectivity index (χ1v) is 8.76. The molecular formula is C21H19N3O4. The number of nitrogens with zero attached hydrogens (tertiary/aromatic N) is 2. The van der Waals surface area contributed by atoms with E-state index in [1.807, 2.05) is 59.5 Å². The van der Waals surface area contributed by atoms with Crippen molar-refractivity contribution in [2.24, 2.45) is 4.99 Å². The molecule has 0 fully saturated rings. The number of rotatable bonds is 5. The molecule has 142 valence electrons. The van der Waals surface area contributed by atoms with Gasteiger partial charge in [0.25, 0.3) is 0 Å². The van der Waals surface area contributed by atoms with Gasteiger partial charge in [0.1, 0.15) is 24.9 Å². The summed E-state index contributed by atoms with van der Waals surface area (Å²) in [6.45, 7) is 0.189. The molecule has 0 radical (unpaired) electrons. The van der Waals surface area contributed by atoms with Crippen LogP contribution in [0.5, 0.6) is 5.75 Å². The minimum atomic E-state index is -0.533. The van der Waals surface area contributed by atoms with Gasteiger partial charge in [-0.15, -0.1) is 0 Å². The number of ether oxygens (including phenoxy) is 2. The number of carbonyl (C=O) groups excluding carboxylic acids is 1. The van der Waals surface area contributed by atoms with Crippen molar-refractivity contribution >= 4 is 24.0 Å². The van der Waals surface area contributed by atoms with Gasteiger partial charge in [-0.05, 0) is 35.9 Å². The number of benzene rings is 2. The fourth-order valence-electron chi connectivity index (χ4n) is 2.95. The van der Waals surface area contributed by atoms with Crippen molar-refractivity contribution in [2.75, 3.05) is 12.0 Å². The molecule has 28 heavy (non-hydrogen) atoms. The summed E-state index contributed by atoms with van der Waals surface area (Å²) >= 11 is 0. The first kappa shape index (κ1) is 17.7. The molecular weight excluding hydrogens is 358 g/mol. The third-order valence-corrected chi connectivity index (χ3v) is 4.38. The number of fused-ring (bicyclic) bond motifs is 1. The van der Waals surface area contributed by atoms with Gasteiger partial charge in [-0.25, -0.2) is 9.79 Å². The highest BCUT2D eigenvalue weighted by Crippen LogP contribution is 2.35. The lowest BCUT2D eigenvalue weighted by Gasteiger charge is -2.32. The zero-order valence-electron chi connectivity index (χ0n) is 15.2. The first-order chi connectivity index (χ1) is 13.7. The Morgan fingerprint density at radius 1 is 1.14 bits per heavy atom. The third-order valence-electron chi connectivity index (χ3n) is 4.38. The summed E-state index contributed by atoms with van der Waals surface area (Å²) in [5.74, 6) is 1.20. The van der Waals surface area contributed by atoms with Crippen LogP contribution in [0.1, 0.15) is 17.3 Å². The summed E-state index contributed by atoms with van der Waals surface area (Å²) in [6, 6.07) is 18.8. The summed E-state index contributed by atoms with van der Waals surface area (Å²) in [5.41, 5.74) is 2.50.